The molecule has 3 rings (SSSR count). The Kier molecular flexibility index (Phi) is 5.20. The number of amides is 1. The molecule has 0 spiro atoms. The first kappa shape index (κ1) is 19.3. The van der Waals surface area contributed by atoms with Crippen LogP contribution in [0.15, 0.2) is 28.2 Å². The number of esters is 1. The number of sulfone groups is 1. The zero-order valence-electron chi connectivity index (χ0n) is 15.3. The van der Waals surface area contributed by atoms with Crippen molar-refractivity contribution in [1.82, 2.24) is 4.90 Å². The molecule has 0 N–H and O–H groups in total. The fourth-order valence-corrected chi connectivity index (χ4v) is 4.41. The van der Waals surface area contributed by atoms with Crippen molar-refractivity contribution in [3.63, 3.8) is 0 Å². The van der Waals surface area contributed by atoms with E-state index in [1.54, 1.807) is 19.1 Å². The van der Waals surface area contributed by atoms with Crippen LogP contribution in [-0.4, -0.2) is 69.7 Å². The van der Waals surface area contributed by atoms with Gasteiger partial charge in [0.1, 0.15) is 6.04 Å². The summed E-state index contributed by atoms with van der Waals surface area (Å²) >= 11 is 0. The summed E-state index contributed by atoms with van der Waals surface area (Å²) in [4.78, 5) is 26.3. The van der Waals surface area contributed by atoms with Crippen LogP contribution in [0.4, 0.5) is 5.69 Å². The Balaban J connectivity index is 2.12. The van der Waals surface area contributed by atoms with E-state index in [1.165, 1.54) is 30.0 Å². The summed E-state index contributed by atoms with van der Waals surface area (Å²) in [5.74, 6) is -1.30. The minimum Gasteiger partial charge on any atom is -0.467 e. The molecule has 9 nitrogen and oxygen atoms in total. The largest absolute Gasteiger partial charge is 0.467 e. The maximum Gasteiger partial charge on any atom is 0.330 e. The summed E-state index contributed by atoms with van der Waals surface area (Å²) in [6.07, 6.45) is 0. The fraction of sp³-hybridized carbons (Fsp3) is 0.471. The molecule has 1 fully saturated rings. The van der Waals surface area contributed by atoms with E-state index >= 15 is 0 Å². The molecule has 10 heteroatoms. The monoisotopic (exact) mass is 395 g/mol. The third-order valence-electron chi connectivity index (χ3n) is 4.49. The SMILES string of the molecule is COC(=O)[C@H](C)N1N=C(C(=O)N2CCOCC2)S(=O)(=O)c2ccc(C)cc21. The normalized spacial score (nSPS) is 19.7. The molecule has 0 bridgehead atoms. The Labute approximate surface area is 157 Å². The van der Waals surface area contributed by atoms with Gasteiger partial charge in [-0.2, -0.15) is 5.10 Å². The molecule has 1 saturated heterocycles. The molecule has 0 unspecified atom stereocenters. The maximum absolute atomic E-state index is 13.1. The molecular formula is C17H21N3O6S. The highest BCUT2D eigenvalue weighted by Gasteiger charge is 2.41. The first-order valence-corrected chi connectivity index (χ1v) is 9.94. The lowest BCUT2D eigenvalue weighted by molar-refractivity contribution is -0.141. The Morgan fingerprint density at radius 2 is 1.93 bits per heavy atom. The van der Waals surface area contributed by atoms with Crippen LogP contribution < -0.4 is 5.01 Å². The number of hydrogen-bond donors (Lipinski definition) is 0. The molecule has 2 aliphatic rings. The summed E-state index contributed by atoms with van der Waals surface area (Å²) in [7, 11) is -2.89. The van der Waals surface area contributed by atoms with E-state index < -0.39 is 32.8 Å². The lowest BCUT2D eigenvalue weighted by Gasteiger charge is -2.33. The second-order valence-corrected chi connectivity index (χ2v) is 8.16. The smallest absolute Gasteiger partial charge is 0.330 e. The third kappa shape index (κ3) is 3.42. The highest BCUT2D eigenvalue weighted by Crippen LogP contribution is 2.34. The van der Waals surface area contributed by atoms with Gasteiger partial charge in [-0.1, -0.05) is 6.07 Å². The van der Waals surface area contributed by atoms with Gasteiger partial charge >= 0.3 is 5.97 Å². The van der Waals surface area contributed by atoms with Crippen molar-refractivity contribution in [2.24, 2.45) is 5.10 Å². The van der Waals surface area contributed by atoms with Gasteiger partial charge < -0.3 is 14.4 Å². The van der Waals surface area contributed by atoms with Crippen molar-refractivity contribution >= 4 is 32.4 Å². The van der Waals surface area contributed by atoms with Crippen LogP contribution in [-0.2, 0) is 28.9 Å². The van der Waals surface area contributed by atoms with Crippen molar-refractivity contribution in [2.45, 2.75) is 24.8 Å². The molecule has 1 atom stereocenters. The maximum atomic E-state index is 13.1. The summed E-state index contributed by atoms with van der Waals surface area (Å²) in [6, 6.07) is 3.78. The van der Waals surface area contributed by atoms with Gasteiger partial charge in [-0.05, 0) is 31.5 Å². The second-order valence-electron chi connectivity index (χ2n) is 6.33. The Morgan fingerprint density at radius 1 is 1.26 bits per heavy atom. The second kappa shape index (κ2) is 7.28. The number of carbonyl (C=O) groups excluding carboxylic acids is 2. The van der Waals surface area contributed by atoms with E-state index in [0.717, 1.165) is 5.56 Å². The molecule has 0 aromatic heterocycles. The molecule has 0 aliphatic carbocycles. The molecule has 0 saturated carbocycles. The molecule has 1 aromatic rings. The first-order valence-electron chi connectivity index (χ1n) is 8.46. The molecule has 1 amide bonds. The summed E-state index contributed by atoms with van der Waals surface area (Å²) in [5.41, 5.74) is 1.04. The van der Waals surface area contributed by atoms with Gasteiger partial charge in [0.25, 0.3) is 5.91 Å². The third-order valence-corrected chi connectivity index (χ3v) is 6.18. The van der Waals surface area contributed by atoms with Crippen molar-refractivity contribution in [3.8, 4) is 0 Å². The van der Waals surface area contributed by atoms with Crippen LogP contribution >= 0.6 is 0 Å². The number of morpholine rings is 1. The number of aryl methyl sites for hydroxylation is 1. The average Bonchev–Trinajstić information content (AvgIpc) is 2.67. The van der Waals surface area contributed by atoms with Gasteiger partial charge in [-0.3, -0.25) is 4.79 Å². The number of anilines is 1. The Bertz CT molecular complexity index is 905. The molecule has 27 heavy (non-hydrogen) atoms. The number of ether oxygens (including phenoxy) is 2. The standard InChI is InChI=1S/C17H21N3O6S/c1-11-4-5-14-13(10-11)20(12(2)17(22)25-3)18-15(27(14,23)24)16(21)19-6-8-26-9-7-19/h4-5,10,12H,6-9H2,1-3H3/t12-/m0/s1. The first-order chi connectivity index (χ1) is 12.8. The van der Waals surface area contributed by atoms with Crippen LogP contribution in [0.2, 0.25) is 0 Å². The van der Waals surface area contributed by atoms with Gasteiger partial charge in [0, 0.05) is 13.1 Å². The average molecular weight is 395 g/mol. The van der Waals surface area contributed by atoms with Crippen LogP contribution in [0.5, 0.6) is 0 Å². The van der Waals surface area contributed by atoms with E-state index in [9.17, 15) is 18.0 Å². The zero-order chi connectivity index (χ0) is 19.8. The number of fused-ring (bicyclic) bond motifs is 1. The predicted octanol–water partition coefficient (Wildman–Crippen LogP) is 0.323. The minimum atomic E-state index is -4.12. The molecule has 2 heterocycles. The number of carbonyl (C=O) groups is 2. The number of methoxy groups -OCH3 is 1. The minimum absolute atomic E-state index is 0.0598. The number of hydrogen-bond acceptors (Lipinski definition) is 8. The molecule has 0 radical (unpaired) electrons. The van der Waals surface area contributed by atoms with E-state index in [-0.39, 0.29) is 23.7 Å². The number of benzene rings is 1. The molecule has 1 aromatic carbocycles. The van der Waals surface area contributed by atoms with Crippen LogP contribution in [0, 0.1) is 6.92 Å². The number of hydrazone groups is 1. The van der Waals surface area contributed by atoms with Gasteiger partial charge in [-0.25, -0.2) is 18.2 Å². The summed E-state index contributed by atoms with van der Waals surface area (Å²) in [6.45, 7) is 4.55. The summed E-state index contributed by atoms with van der Waals surface area (Å²) in [5, 5.41) is 4.73. The van der Waals surface area contributed by atoms with Crippen molar-refractivity contribution in [1.29, 1.82) is 0 Å². The van der Waals surface area contributed by atoms with E-state index in [2.05, 4.69) is 5.10 Å². The van der Waals surface area contributed by atoms with E-state index in [0.29, 0.717) is 13.2 Å². The van der Waals surface area contributed by atoms with E-state index in [1.807, 2.05) is 0 Å². The lowest BCUT2D eigenvalue weighted by atomic mass is 10.2. The fourth-order valence-electron chi connectivity index (χ4n) is 2.97. The highest BCUT2D eigenvalue weighted by molar-refractivity contribution is 8.08. The number of nitrogens with zero attached hydrogens (tertiary/aromatic N) is 3. The van der Waals surface area contributed by atoms with Gasteiger partial charge in [0.05, 0.1) is 30.9 Å². The van der Waals surface area contributed by atoms with E-state index in [4.69, 9.17) is 9.47 Å². The topological polar surface area (TPSA) is 106 Å². The van der Waals surface area contributed by atoms with Gasteiger partial charge in [0.2, 0.25) is 14.9 Å². The van der Waals surface area contributed by atoms with Crippen molar-refractivity contribution < 1.29 is 27.5 Å². The quantitative estimate of drug-likeness (QED) is 0.679. The van der Waals surface area contributed by atoms with Crippen LogP contribution in [0.1, 0.15) is 12.5 Å². The Hall–Kier alpha value is -2.46. The van der Waals surface area contributed by atoms with Gasteiger partial charge in [0.15, 0.2) is 0 Å². The Morgan fingerprint density at radius 3 is 2.56 bits per heavy atom. The molecule has 2 aliphatic heterocycles. The number of rotatable bonds is 3. The molecular weight excluding hydrogens is 374 g/mol. The highest BCUT2D eigenvalue weighted by atomic mass is 32.2. The zero-order valence-corrected chi connectivity index (χ0v) is 16.2. The van der Waals surface area contributed by atoms with Crippen LogP contribution in [0.3, 0.4) is 0 Å². The summed E-state index contributed by atoms with van der Waals surface area (Å²) < 4.78 is 36.1. The van der Waals surface area contributed by atoms with Crippen LogP contribution in [0.25, 0.3) is 0 Å². The van der Waals surface area contributed by atoms with Crippen molar-refractivity contribution in [2.75, 3.05) is 38.4 Å². The predicted molar refractivity (Wildman–Crippen MR) is 97.2 cm³/mol. The lowest BCUT2D eigenvalue weighted by Crippen LogP contribution is -2.49. The molecule has 146 valence electrons. The van der Waals surface area contributed by atoms with Crippen molar-refractivity contribution in [3.05, 3.63) is 23.8 Å². The van der Waals surface area contributed by atoms with Gasteiger partial charge in [-0.15, -0.1) is 0 Å².